The third-order valence-electron chi connectivity index (χ3n) is 5.59. The number of nitrogens with one attached hydrogen (secondary N) is 2. The van der Waals surface area contributed by atoms with Crippen molar-refractivity contribution in [1.29, 1.82) is 0 Å². The summed E-state index contributed by atoms with van der Waals surface area (Å²) in [5.41, 5.74) is 3.98. The maximum atomic E-state index is 13.3. The number of H-pyrrole nitrogens is 1. The van der Waals surface area contributed by atoms with Crippen molar-refractivity contribution < 1.29 is 14.7 Å². The van der Waals surface area contributed by atoms with Gasteiger partial charge in [0, 0.05) is 23.5 Å². The number of aromatic amines is 1. The van der Waals surface area contributed by atoms with Gasteiger partial charge in [0.15, 0.2) is 0 Å². The summed E-state index contributed by atoms with van der Waals surface area (Å²) < 4.78 is 1.40. The number of benzene rings is 1. The van der Waals surface area contributed by atoms with Gasteiger partial charge in [-0.05, 0) is 49.4 Å². The van der Waals surface area contributed by atoms with Gasteiger partial charge in [-0.25, -0.2) is 0 Å². The van der Waals surface area contributed by atoms with Crippen LogP contribution in [0.2, 0.25) is 0 Å². The van der Waals surface area contributed by atoms with E-state index in [9.17, 15) is 19.5 Å². The first-order valence-electron chi connectivity index (χ1n) is 11.0. The molecule has 1 amide bonds. The van der Waals surface area contributed by atoms with Crippen LogP contribution in [0.1, 0.15) is 55.7 Å². The molecule has 8 nitrogen and oxygen atoms in total. The zero-order valence-corrected chi connectivity index (χ0v) is 19.3. The second kappa shape index (κ2) is 10.3. The van der Waals surface area contributed by atoms with Crippen molar-refractivity contribution in [3.63, 3.8) is 0 Å². The molecule has 174 valence electrons. The fraction of sp³-hybridized carbons (Fsp3) is 0.360. The summed E-state index contributed by atoms with van der Waals surface area (Å²) in [6.45, 7) is 7.77. The molecule has 2 aromatic heterocycles. The number of carboxylic acid groups (broad SMARTS) is 1. The highest BCUT2D eigenvalue weighted by Gasteiger charge is 2.27. The van der Waals surface area contributed by atoms with Crippen molar-refractivity contribution in [2.24, 2.45) is 5.92 Å². The van der Waals surface area contributed by atoms with Crippen molar-refractivity contribution in [3.05, 3.63) is 76.0 Å². The molecule has 2 heterocycles. The minimum atomic E-state index is -1.03. The summed E-state index contributed by atoms with van der Waals surface area (Å²) in [5, 5.41) is 19.6. The van der Waals surface area contributed by atoms with Gasteiger partial charge in [-0.3, -0.25) is 19.5 Å². The highest BCUT2D eigenvalue weighted by Crippen LogP contribution is 2.29. The monoisotopic (exact) mass is 450 g/mol. The summed E-state index contributed by atoms with van der Waals surface area (Å²) in [7, 11) is 0. The molecule has 1 aromatic carbocycles. The first kappa shape index (κ1) is 24.0. The van der Waals surface area contributed by atoms with E-state index in [0.717, 1.165) is 22.5 Å². The van der Waals surface area contributed by atoms with Gasteiger partial charge in [-0.1, -0.05) is 38.1 Å². The summed E-state index contributed by atoms with van der Waals surface area (Å²) in [4.78, 5) is 37.4. The van der Waals surface area contributed by atoms with E-state index >= 15 is 0 Å². The third-order valence-corrected chi connectivity index (χ3v) is 5.59. The fourth-order valence-electron chi connectivity index (χ4n) is 4.07. The molecule has 0 bridgehead atoms. The Balaban J connectivity index is 1.96. The molecule has 0 aliphatic rings. The molecule has 3 rings (SSSR count). The minimum absolute atomic E-state index is 0.154. The molecule has 3 aromatic rings. The van der Waals surface area contributed by atoms with Crippen molar-refractivity contribution in [2.75, 3.05) is 0 Å². The molecule has 2 atom stereocenters. The molecule has 0 spiro atoms. The number of carboxylic acids is 1. The van der Waals surface area contributed by atoms with Crippen LogP contribution >= 0.6 is 0 Å². The molecular formula is C25H30N4O4. The van der Waals surface area contributed by atoms with E-state index in [1.807, 2.05) is 45.9 Å². The quantitative estimate of drug-likeness (QED) is 0.459. The van der Waals surface area contributed by atoms with Gasteiger partial charge in [0.1, 0.15) is 6.04 Å². The van der Waals surface area contributed by atoms with Crippen molar-refractivity contribution in [1.82, 2.24) is 20.1 Å². The van der Waals surface area contributed by atoms with E-state index in [1.54, 1.807) is 24.4 Å². The van der Waals surface area contributed by atoms with Gasteiger partial charge in [-0.15, -0.1) is 0 Å². The van der Waals surface area contributed by atoms with Crippen molar-refractivity contribution in [2.45, 2.75) is 52.6 Å². The van der Waals surface area contributed by atoms with Crippen LogP contribution in [0.4, 0.5) is 0 Å². The average molecular weight is 451 g/mol. The molecule has 0 fully saturated rings. The van der Waals surface area contributed by atoms with Crippen LogP contribution in [-0.2, 0) is 9.59 Å². The first-order valence-corrected chi connectivity index (χ1v) is 11.0. The predicted molar refractivity (Wildman–Crippen MR) is 126 cm³/mol. The molecule has 0 aliphatic carbocycles. The van der Waals surface area contributed by atoms with Crippen LogP contribution in [0.3, 0.4) is 0 Å². The molecule has 0 saturated heterocycles. The van der Waals surface area contributed by atoms with Gasteiger partial charge in [0.2, 0.25) is 5.91 Å². The number of hydrogen-bond acceptors (Lipinski definition) is 4. The zero-order valence-electron chi connectivity index (χ0n) is 19.3. The maximum absolute atomic E-state index is 13.3. The highest BCUT2D eigenvalue weighted by atomic mass is 16.4. The summed E-state index contributed by atoms with van der Waals surface area (Å²) >= 11 is 0. The van der Waals surface area contributed by atoms with Crippen LogP contribution in [0, 0.1) is 19.8 Å². The number of rotatable bonds is 9. The van der Waals surface area contributed by atoms with Crippen molar-refractivity contribution in [3.8, 4) is 11.1 Å². The lowest BCUT2D eigenvalue weighted by atomic mass is 9.96. The lowest BCUT2D eigenvalue weighted by Crippen LogP contribution is -2.39. The molecule has 2 unspecified atom stereocenters. The van der Waals surface area contributed by atoms with Gasteiger partial charge in [0.05, 0.1) is 18.2 Å². The average Bonchev–Trinajstić information content (AvgIpc) is 3.09. The Morgan fingerprint density at radius 2 is 1.91 bits per heavy atom. The Labute approximate surface area is 192 Å². The summed E-state index contributed by atoms with van der Waals surface area (Å²) in [6, 6.07) is 10.7. The number of aryl methyl sites for hydroxylation is 2. The molecular weight excluding hydrogens is 420 g/mol. The third kappa shape index (κ3) is 5.77. The van der Waals surface area contributed by atoms with Crippen molar-refractivity contribution >= 4 is 11.9 Å². The van der Waals surface area contributed by atoms with Crippen LogP contribution < -0.4 is 10.9 Å². The molecule has 33 heavy (non-hydrogen) atoms. The Morgan fingerprint density at radius 1 is 1.15 bits per heavy atom. The van der Waals surface area contributed by atoms with Gasteiger partial charge in [0.25, 0.3) is 5.56 Å². The minimum Gasteiger partial charge on any atom is -0.481 e. The highest BCUT2D eigenvalue weighted by molar-refractivity contribution is 5.82. The Morgan fingerprint density at radius 3 is 2.52 bits per heavy atom. The van der Waals surface area contributed by atoms with E-state index in [4.69, 9.17) is 0 Å². The number of hydrogen-bond donors (Lipinski definition) is 3. The Kier molecular flexibility index (Phi) is 7.48. The number of carbonyl (C=O) groups is 2. The molecule has 3 N–H and O–H groups in total. The van der Waals surface area contributed by atoms with E-state index < -0.39 is 18.1 Å². The number of pyridine rings is 1. The van der Waals surface area contributed by atoms with Gasteiger partial charge < -0.3 is 15.0 Å². The van der Waals surface area contributed by atoms with E-state index in [-0.39, 0.29) is 23.8 Å². The molecule has 0 radical (unpaired) electrons. The molecule has 0 saturated carbocycles. The number of aromatic nitrogens is 3. The zero-order chi connectivity index (χ0) is 24.1. The number of carbonyl (C=O) groups excluding carboxylic acids is 1. The molecule has 0 aliphatic heterocycles. The largest absolute Gasteiger partial charge is 0.481 e. The maximum Gasteiger partial charge on any atom is 0.305 e. The second-order valence-corrected chi connectivity index (χ2v) is 8.69. The smallest absolute Gasteiger partial charge is 0.305 e. The van der Waals surface area contributed by atoms with E-state index in [2.05, 4.69) is 15.5 Å². The van der Waals surface area contributed by atoms with Gasteiger partial charge >= 0.3 is 5.97 Å². The summed E-state index contributed by atoms with van der Waals surface area (Å²) in [6.07, 6.45) is 1.76. The van der Waals surface area contributed by atoms with E-state index in [1.165, 1.54) is 10.6 Å². The number of amides is 1. The SMILES string of the molecule is Cc1n[nH]c(C)c1-c1cccc(C(CC(=O)O)NC(=O)C(CC(C)C)n2ccccc2=O)c1. The fourth-order valence-corrected chi connectivity index (χ4v) is 4.07. The number of nitrogens with zero attached hydrogens (tertiary/aromatic N) is 2. The Hall–Kier alpha value is -3.68. The summed E-state index contributed by atoms with van der Waals surface area (Å²) in [5.74, 6) is -1.26. The molecule has 8 heteroatoms. The first-order chi connectivity index (χ1) is 15.7. The normalized spacial score (nSPS) is 13.0. The van der Waals surface area contributed by atoms with E-state index in [0.29, 0.717) is 12.0 Å². The predicted octanol–water partition coefficient (Wildman–Crippen LogP) is 3.77. The topological polar surface area (TPSA) is 117 Å². The van der Waals surface area contributed by atoms with Gasteiger partial charge in [-0.2, -0.15) is 5.10 Å². The lowest BCUT2D eigenvalue weighted by Gasteiger charge is -2.25. The van der Waals surface area contributed by atoms with Crippen LogP contribution in [0.25, 0.3) is 11.1 Å². The van der Waals surface area contributed by atoms with Crippen LogP contribution in [0.15, 0.2) is 53.5 Å². The standard InChI is InChI=1S/C25H30N4O4/c1-15(2)12-21(29-11-6-5-10-22(29)30)25(33)26-20(14-23(31)32)18-8-7-9-19(13-18)24-16(3)27-28-17(24)4/h5-11,13,15,20-21H,12,14H2,1-4H3,(H,26,33)(H,27,28)(H,31,32). The lowest BCUT2D eigenvalue weighted by molar-refractivity contribution is -0.138. The van der Waals surface area contributed by atoms with Crippen LogP contribution in [0.5, 0.6) is 0 Å². The number of aliphatic carboxylic acids is 1. The van der Waals surface area contributed by atoms with Crippen LogP contribution in [-0.4, -0.2) is 31.7 Å². The second-order valence-electron chi connectivity index (χ2n) is 8.69. The Bertz CT molecular complexity index is 1180.